The van der Waals surface area contributed by atoms with E-state index >= 15 is 0 Å². The van der Waals surface area contributed by atoms with E-state index in [4.69, 9.17) is 5.73 Å². The van der Waals surface area contributed by atoms with E-state index in [0.29, 0.717) is 6.54 Å². The molecule has 0 bridgehead atoms. The van der Waals surface area contributed by atoms with Gasteiger partial charge in [0, 0.05) is 11.9 Å². The maximum Gasteiger partial charge on any atom is 0.153 e. The highest BCUT2D eigenvalue weighted by Crippen LogP contribution is 2.17. The highest BCUT2D eigenvalue weighted by molar-refractivity contribution is 5.32. The van der Waals surface area contributed by atoms with Gasteiger partial charge >= 0.3 is 0 Å². The van der Waals surface area contributed by atoms with Crippen LogP contribution in [0.3, 0.4) is 0 Å². The zero-order chi connectivity index (χ0) is 12.3. The van der Waals surface area contributed by atoms with Crippen LogP contribution in [0.5, 0.6) is 0 Å². The van der Waals surface area contributed by atoms with Crippen LogP contribution in [0, 0.1) is 13.8 Å². The molecule has 2 aromatic heterocycles. The van der Waals surface area contributed by atoms with Gasteiger partial charge in [0.1, 0.15) is 0 Å². The molecule has 0 saturated heterocycles. The second kappa shape index (κ2) is 5.10. The molecule has 4 heteroatoms. The lowest BCUT2D eigenvalue weighted by atomic mass is 10.1. The van der Waals surface area contributed by atoms with Crippen molar-refractivity contribution in [3.8, 4) is 5.82 Å². The molecule has 2 rings (SSSR count). The van der Waals surface area contributed by atoms with Crippen molar-refractivity contribution in [2.75, 3.05) is 6.54 Å². The third kappa shape index (κ3) is 2.36. The van der Waals surface area contributed by atoms with Crippen molar-refractivity contribution >= 4 is 0 Å². The Morgan fingerprint density at radius 3 is 2.76 bits per heavy atom. The third-order valence-electron chi connectivity index (χ3n) is 2.94. The lowest BCUT2D eigenvalue weighted by molar-refractivity contribution is 0.799. The topological polar surface area (TPSA) is 56.7 Å². The van der Waals surface area contributed by atoms with Gasteiger partial charge in [-0.2, -0.15) is 5.10 Å². The summed E-state index contributed by atoms with van der Waals surface area (Å²) in [4.78, 5) is 4.32. The van der Waals surface area contributed by atoms with Crippen molar-refractivity contribution < 1.29 is 0 Å². The van der Waals surface area contributed by atoms with Crippen LogP contribution in [0.4, 0.5) is 0 Å². The van der Waals surface area contributed by atoms with Gasteiger partial charge < -0.3 is 5.73 Å². The van der Waals surface area contributed by atoms with Crippen LogP contribution in [0.15, 0.2) is 24.4 Å². The highest BCUT2D eigenvalue weighted by Gasteiger charge is 2.12. The predicted molar refractivity (Wildman–Crippen MR) is 68.2 cm³/mol. The molecule has 0 saturated carbocycles. The van der Waals surface area contributed by atoms with Crippen LogP contribution < -0.4 is 5.73 Å². The number of pyridine rings is 1. The Morgan fingerprint density at radius 2 is 2.12 bits per heavy atom. The average molecular weight is 230 g/mol. The first kappa shape index (κ1) is 11.8. The second-order valence-electron chi connectivity index (χ2n) is 4.14. The Balaban J connectivity index is 2.37. The Labute approximate surface area is 101 Å². The van der Waals surface area contributed by atoms with E-state index in [0.717, 1.165) is 30.0 Å². The number of rotatable bonds is 4. The van der Waals surface area contributed by atoms with Crippen molar-refractivity contribution in [2.45, 2.75) is 26.7 Å². The van der Waals surface area contributed by atoms with E-state index in [9.17, 15) is 0 Å². The van der Waals surface area contributed by atoms with Gasteiger partial charge in [-0.3, -0.25) is 0 Å². The summed E-state index contributed by atoms with van der Waals surface area (Å²) in [5.41, 5.74) is 9.08. The number of hydrogen-bond acceptors (Lipinski definition) is 3. The van der Waals surface area contributed by atoms with Gasteiger partial charge in [-0.25, -0.2) is 9.67 Å². The maximum atomic E-state index is 5.55. The molecule has 2 aromatic rings. The minimum absolute atomic E-state index is 0.716. The van der Waals surface area contributed by atoms with E-state index in [2.05, 4.69) is 17.0 Å². The molecule has 2 heterocycles. The SMILES string of the molecule is Cc1nn(-c2ccccn2)c(C)c1CCCN. The number of hydrogen-bond donors (Lipinski definition) is 1. The minimum atomic E-state index is 0.716. The van der Waals surface area contributed by atoms with Gasteiger partial charge in [0.05, 0.1) is 5.69 Å². The van der Waals surface area contributed by atoms with Crippen LogP contribution in [0.1, 0.15) is 23.4 Å². The van der Waals surface area contributed by atoms with Gasteiger partial charge in [-0.05, 0) is 50.9 Å². The smallest absolute Gasteiger partial charge is 0.153 e. The number of aromatic nitrogens is 3. The molecular formula is C13H18N4. The first-order valence-corrected chi connectivity index (χ1v) is 5.90. The van der Waals surface area contributed by atoms with Crippen LogP contribution in [0.2, 0.25) is 0 Å². The van der Waals surface area contributed by atoms with Crippen molar-refractivity contribution in [1.82, 2.24) is 14.8 Å². The molecule has 0 radical (unpaired) electrons. The van der Waals surface area contributed by atoms with Crippen molar-refractivity contribution in [3.05, 3.63) is 41.3 Å². The minimum Gasteiger partial charge on any atom is -0.330 e. The summed E-state index contributed by atoms with van der Waals surface area (Å²) in [6.45, 7) is 4.84. The van der Waals surface area contributed by atoms with Gasteiger partial charge in [-0.15, -0.1) is 0 Å². The van der Waals surface area contributed by atoms with E-state index in [1.165, 1.54) is 5.56 Å². The molecule has 0 aliphatic rings. The molecule has 0 aliphatic carbocycles. The fourth-order valence-corrected chi connectivity index (χ4v) is 2.02. The van der Waals surface area contributed by atoms with Crippen LogP contribution in [-0.2, 0) is 6.42 Å². The molecule has 0 unspecified atom stereocenters. The van der Waals surface area contributed by atoms with Crippen LogP contribution in [0.25, 0.3) is 5.82 Å². The lowest BCUT2D eigenvalue weighted by Gasteiger charge is -2.03. The molecule has 0 aromatic carbocycles. The van der Waals surface area contributed by atoms with E-state index in [-0.39, 0.29) is 0 Å². The van der Waals surface area contributed by atoms with Gasteiger partial charge in [0.25, 0.3) is 0 Å². The second-order valence-corrected chi connectivity index (χ2v) is 4.14. The summed E-state index contributed by atoms with van der Waals surface area (Å²) in [6.07, 6.45) is 3.77. The molecule has 0 aliphatic heterocycles. The molecule has 0 fully saturated rings. The zero-order valence-corrected chi connectivity index (χ0v) is 10.3. The molecule has 90 valence electrons. The Bertz CT molecular complexity index is 488. The van der Waals surface area contributed by atoms with Crippen LogP contribution >= 0.6 is 0 Å². The third-order valence-corrected chi connectivity index (χ3v) is 2.94. The van der Waals surface area contributed by atoms with Gasteiger partial charge in [0.15, 0.2) is 5.82 Å². The first-order chi connectivity index (χ1) is 8.24. The van der Waals surface area contributed by atoms with Gasteiger partial charge in [-0.1, -0.05) is 6.07 Å². The summed E-state index contributed by atoms with van der Waals surface area (Å²) in [6, 6.07) is 5.84. The van der Waals surface area contributed by atoms with E-state index in [1.54, 1.807) is 6.20 Å². The summed E-state index contributed by atoms with van der Waals surface area (Å²) in [5.74, 6) is 0.868. The monoisotopic (exact) mass is 230 g/mol. The molecule has 0 spiro atoms. The quantitative estimate of drug-likeness (QED) is 0.871. The van der Waals surface area contributed by atoms with E-state index in [1.807, 2.05) is 29.8 Å². The summed E-state index contributed by atoms with van der Waals surface area (Å²) < 4.78 is 1.90. The van der Waals surface area contributed by atoms with Crippen molar-refractivity contribution in [2.24, 2.45) is 5.73 Å². The summed E-state index contributed by atoms with van der Waals surface area (Å²) >= 11 is 0. The number of nitrogens with zero attached hydrogens (tertiary/aromatic N) is 3. The lowest BCUT2D eigenvalue weighted by Crippen LogP contribution is -2.03. The first-order valence-electron chi connectivity index (χ1n) is 5.90. The molecule has 2 N–H and O–H groups in total. The fraction of sp³-hybridized carbons (Fsp3) is 0.385. The largest absolute Gasteiger partial charge is 0.330 e. The summed E-state index contributed by atoms with van der Waals surface area (Å²) in [7, 11) is 0. The number of nitrogens with two attached hydrogens (primary N) is 1. The Kier molecular flexibility index (Phi) is 3.54. The molecule has 0 atom stereocenters. The predicted octanol–water partition coefficient (Wildman–Crippen LogP) is 1.78. The van der Waals surface area contributed by atoms with Gasteiger partial charge in [0.2, 0.25) is 0 Å². The normalized spacial score (nSPS) is 10.8. The molecule has 0 amide bonds. The van der Waals surface area contributed by atoms with E-state index < -0.39 is 0 Å². The fourth-order valence-electron chi connectivity index (χ4n) is 2.02. The summed E-state index contributed by atoms with van der Waals surface area (Å²) in [5, 5.41) is 4.55. The zero-order valence-electron chi connectivity index (χ0n) is 10.3. The van der Waals surface area contributed by atoms with Crippen LogP contribution in [-0.4, -0.2) is 21.3 Å². The molecule has 4 nitrogen and oxygen atoms in total. The molecular weight excluding hydrogens is 212 g/mol. The standard InChI is InChI=1S/C13H18N4/c1-10-12(6-5-8-14)11(2)17(16-10)13-7-3-4-9-15-13/h3-4,7,9H,5-6,8,14H2,1-2H3. The maximum absolute atomic E-state index is 5.55. The Hall–Kier alpha value is -1.68. The van der Waals surface area contributed by atoms with Crippen molar-refractivity contribution in [3.63, 3.8) is 0 Å². The average Bonchev–Trinajstić information content (AvgIpc) is 2.64. The number of aryl methyl sites for hydroxylation is 1. The van der Waals surface area contributed by atoms with Crippen molar-refractivity contribution in [1.29, 1.82) is 0 Å². The molecule has 17 heavy (non-hydrogen) atoms. The highest BCUT2D eigenvalue weighted by atomic mass is 15.3. The Morgan fingerprint density at radius 1 is 1.29 bits per heavy atom.